The molecule has 1 saturated heterocycles. The first-order chi connectivity index (χ1) is 13.1. The number of nitrogens with one attached hydrogen (secondary N) is 1. The first-order valence-corrected chi connectivity index (χ1v) is 9.66. The summed E-state index contributed by atoms with van der Waals surface area (Å²) in [6.45, 7) is 3.94. The number of aromatic amines is 1. The molecule has 1 aliphatic heterocycles. The highest BCUT2D eigenvalue weighted by molar-refractivity contribution is 5.86. The maximum Gasteiger partial charge on any atom is 0.225 e. The van der Waals surface area contributed by atoms with Gasteiger partial charge in [0.25, 0.3) is 0 Å². The number of aryl methyl sites for hydroxylation is 2. The van der Waals surface area contributed by atoms with Crippen LogP contribution < -0.4 is 9.80 Å². The van der Waals surface area contributed by atoms with Crippen molar-refractivity contribution in [3.05, 3.63) is 35.5 Å². The van der Waals surface area contributed by atoms with E-state index in [1.807, 2.05) is 44.4 Å². The van der Waals surface area contributed by atoms with Crippen LogP contribution in [-0.4, -0.2) is 52.1 Å². The Kier molecular flexibility index (Phi) is 3.60. The molecule has 1 aliphatic carbocycles. The van der Waals surface area contributed by atoms with E-state index in [9.17, 15) is 0 Å². The molecule has 7 heteroatoms. The molecule has 1 fully saturated rings. The third kappa shape index (κ3) is 2.56. The zero-order chi connectivity index (χ0) is 18.6. The van der Waals surface area contributed by atoms with Gasteiger partial charge in [0.1, 0.15) is 11.3 Å². The van der Waals surface area contributed by atoms with Crippen molar-refractivity contribution in [2.45, 2.75) is 38.0 Å². The highest BCUT2D eigenvalue weighted by Crippen LogP contribution is 2.45. The van der Waals surface area contributed by atoms with Crippen molar-refractivity contribution in [1.82, 2.24) is 24.9 Å². The Hall–Kier alpha value is -2.70. The van der Waals surface area contributed by atoms with Gasteiger partial charge in [0.15, 0.2) is 5.82 Å². The molecule has 0 saturated carbocycles. The first kappa shape index (κ1) is 16.5. The van der Waals surface area contributed by atoms with Crippen molar-refractivity contribution < 1.29 is 0 Å². The van der Waals surface area contributed by atoms with E-state index in [1.165, 1.54) is 17.7 Å². The van der Waals surface area contributed by atoms with Gasteiger partial charge in [-0.2, -0.15) is 0 Å². The number of fused-ring (bicyclic) bond motifs is 3. The highest BCUT2D eigenvalue weighted by Gasteiger charge is 2.44. The Bertz CT molecular complexity index is 1000. The predicted molar refractivity (Wildman–Crippen MR) is 106 cm³/mol. The van der Waals surface area contributed by atoms with Gasteiger partial charge >= 0.3 is 0 Å². The highest BCUT2D eigenvalue weighted by atomic mass is 15.2. The molecule has 0 radical (unpaired) electrons. The molecule has 2 aliphatic rings. The Morgan fingerprint density at radius 3 is 2.93 bits per heavy atom. The summed E-state index contributed by atoms with van der Waals surface area (Å²) in [5.41, 5.74) is 4.68. The number of anilines is 2. The summed E-state index contributed by atoms with van der Waals surface area (Å²) < 4.78 is 0. The second-order valence-corrected chi connectivity index (χ2v) is 8.08. The molecule has 4 heterocycles. The van der Waals surface area contributed by atoms with E-state index >= 15 is 0 Å². The predicted octanol–water partition coefficient (Wildman–Crippen LogP) is 2.61. The lowest BCUT2D eigenvalue weighted by Gasteiger charge is -2.41. The quantitative estimate of drug-likeness (QED) is 0.754. The fourth-order valence-electron chi connectivity index (χ4n) is 4.73. The molecule has 0 aromatic carbocycles. The van der Waals surface area contributed by atoms with Crippen molar-refractivity contribution >= 4 is 22.8 Å². The molecule has 1 unspecified atom stereocenters. The molecule has 7 nitrogen and oxygen atoms in total. The molecular weight excluding hydrogens is 338 g/mol. The van der Waals surface area contributed by atoms with Crippen LogP contribution in [0.25, 0.3) is 11.0 Å². The zero-order valence-corrected chi connectivity index (χ0v) is 16.2. The molecular formula is C20H25N7. The van der Waals surface area contributed by atoms with Crippen molar-refractivity contribution in [2.75, 3.05) is 37.0 Å². The fraction of sp³-hybridized carbons (Fsp3) is 0.500. The van der Waals surface area contributed by atoms with Gasteiger partial charge in [-0.3, -0.25) is 0 Å². The molecule has 1 N–H and O–H groups in total. The third-order valence-electron chi connectivity index (χ3n) is 6.00. The number of nitrogens with zero attached hydrogens (tertiary/aromatic N) is 6. The Morgan fingerprint density at radius 1 is 1.19 bits per heavy atom. The van der Waals surface area contributed by atoms with Gasteiger partial charge in [-0.25, -0.2) is 19.9 Å². The number of hydrogen-bond acceptors (Lipinski definition) is 6. The summed E-state index contributed by atoms with van der Waals surface area (Å²) in [6.07, 6.45) is 8.51. The van der Waals surface area contributed by atoms with Crippen molar-refractivity contribution in [3.63, 3.8) is 0 Å². The minimum absolute atomic E-state index is 0.0963. The van der Waals surface area contributed by atoms with E-state index in [4.69, 9.17) is 9.97 Å². The average Bonchev–Trinajstić information content (AvgIpc) is 3.26. The van der Waals surface area contributed by atoms with Crippen LogP contribution in [-0.2, 0) is 11.8 Å². The normalized spacial score (nSPS) is 21.8. The number of aromatic nitrogens is 5. The average molecular weight is 363 g/mol. The van der Waals surface area contributed by atoms with Crippen LogP contribution in [0.15, 0.2) is 18.5 Å². The van der Waals surface area contributed by atoms with Gasteiger partial charge < -0.3 is 14.8 Å². The number of H-pyrrole nitrogens is 1. The first-order valence-electron chi connectivity index (χ1n) is 9.66. The standard InChI is InChI=1S/C20H25N7/c1-13-23-15-6-9-21-16(15)18(24-13)27-10-4-7-20(12-27)8-5-14-11-22-19(26(2)3)25-17(14)20/h6,9,11,21H,4-5,7-8,10,12H2,1-3H3. The largest absolute Gasteiger partial charge is 0.357 e. The Labute approximate surface area is 158 Å². The van der Waals surface area contributed by atoms with E-state index in [-0.39, 0.29) is 5.41 Å². The summed E-state index contributed by atoms with van der Waals surface area (Å²) in [4.78, 5) is 26.6. The van der Waals surface area contributed by atoms with Crippen LogP contribution >= 0.6 is 0 Å². The zero-order valence-electron chi connectivity index (χ0n) is 16.2. The van der Waals surface area contributed by atoms with Crippen LogP contribution in [0.3, 0.4) is 0 Å². The lowest BCUT2D eigenvalue weighted by atomic mass is 9.77. The fourth-order valence-corrected chi connectivity index (χ4v) is 4.73. The molecule has 5 rings (SSSR count). The second kappa shape index (κ2) is 5.90. The van der Waals surface area contributed by atoms with Crippen LogP contribution in [0.1, 0.15) is 36.3 Å². The molecule has 27 heavy (non-hydrogen) atoms. The van der Waals surface area contributed by atoms with E-state index in [0.717, 1.165) is 61.0 Å². The van der Waals surface area contributed by atoms with E-state index in [2.05, 4.69) is 19.9 Å². The molecule has 140 valence electrons. The summed E-state index contributed by atoms with van der Waals surface area (Å²) in [5.74, 6) is 2.65. The molecule has 0 bridgehead atoms. The minimum atomic E-state index is 0.0963. The Balaban J connectivity index is 1.56. The van der Waals surface area contributed by atoms with Gasteiger partial charge in [-0.1, -0.05) is 0 Å². The number of piperidine rings is 1. The molecule has 1 spiro atoms. The smallest absolute Gasteiger partial charge is 0.225 e. The van der Waals surface area contributed by atoms with Gasteiger partial charge in [-0.05, 0) is 44.2 Å². The van der Waals surface area contributed by atoms with Crippen LogP contribution in [0.2, 0.25) is 0 Å². The molecule has 3 aromatic heterocycles. The third-order valence-corrected chi connectivity index (χ3v) is 6.00. The summed E-state index contributed by atoms with van der Waals surface area (Å²) in [6, 6.07) is 2.02. The summed E-state index contributed by atoms with van der Waals surface area (Å²) in [5, 5.41) is 0. The molecule has 3 aromatic rings. The Morgan fingerprint density at radius 2 is 2.07 bits per heavy atom. The number of rotatable bonds is 2. The van der Waals surface area contributed by atoms with Crippen molar-refractivity contribution in [1.29, 1.82) is 0 Å². The monoisotopic (exact) mass is 363 g/mol. The van der Waals surface area contributed by atoms with E-state index in [0.29, 0.717) is 0 Å². The summed E-state index contributed by atoms with van der Waals surface area (Å²) in [7, 11) is 4.00. The summed E-state index contributed by atoms with van der Waals surface area (Å²) >= 11 is 0. The van der Waals surface area contributed by atoms with Crippen LogP contribution in [0.4, 0.5) is 11.8 Å². The van der Waals surface area contributed by atoms with Crippen molar-refractivity contribution in [2.24, 2.45) is 0 Å². The van der Waals surface area contributed by atoms with Crippen molar-refractivity contribution in [3.8, 4) is 0 Å². The minimum Gasteiger partial charge on any atom is -0.357 e. The van der Waals surface area contributed by atoms with Crippen LogP contribution in [0, 0.1) is 6.92 Å². The van der Waals surface area contributed by atoms with Gasteiger partial charge in [-0.15, -0.1) is 0 Å². The number of hydrogen-bond donors (Lipinski definition) is 1. The maximum atomic E-state index is 4.98. The topological polar surface area (TPSA) is 73.8 Å². The molecule has 1 atom stereocenters. The SMILES string of the molecule is Cc1nc(N2CCCC3(CCc4cnc(N(C)C)nc43)C2)c2[nH]ccc2n1. The van der Waals surface area contributed by atoms with Gasteiger partial charge in [0.05, 0.1) is 11.2 Å². The van der Waals surface area contributed by atoms with Gasteiger partial charge in [0.2, 0.25) is 5.95 Å². The van der Waals surface area contributed by atoms with E-state index < -0.39 is 0 Å². The second-order valence-electron chi connectivity index (χ2n) is 8.08. The van der Waals surface area contributed by atoms with E-state index in [1.54, 1.807) is 0 Å². The van der Waals surface area contributed by atoms with Crippen LogP contribution in [0.5, 0.6) is 0 Å². The van der Waals surface area contributed by atoms with Gasteiger partial charge in [0, 0.05) is 45.0 Å². The maximum absolute atomic E-state index is 4.98. The lowest BCUT2D eigenvalue weighted by Crippen LogP contribution is -2.46. The molecule has 0 amide bonds. The lowest BCUT2D eigenvalue weighted by molar-refractivity contribution is 0.333.